The van der Waals surface area contributed by atoms with E-state index in [0.29, 0.717) is 5.69 Å². The fourth-order valence-electron chi connectivity index (χ4n) is 2.84. The van der Waals surface area contributed by atoms with Gasteiger partial charge in [-0.15, -0.1) is 0 Å². The van der Waals surface area contributed by atoms with Crippen LogP contribution in [0.4, 0.5) is 11.4 Å². The molecule has 3 rings (SSSR count). The van der Waals surface area contributed by atoms with Crippen LogP contribution >= 0.6 is 0 Å². The lowest BCUT2D eigenvalue weighted by molar-refractivity contribution is -0.125. The molecule has 7 nitrogen and oxygen atoms in total. The van der Waals surface area contributed by atoms with Crippen molar-refractivity contribution in [1.29, 1.82) is 0 Å². The lowest BCUT2D eigenvalue weighted by Gasteiger charge is -2.33. The van der Waals surface area contributed by atoms with Crippen molar-refractivity contribution in [2.75, 3.05) is 16.8 Å². The zero-order chi connectivity index (χ0) is 15.9. The van der Waals surface area contributed by atoms with Gasteiger partial charge in [-0.1, -0.05) is 0 Å². The number of fused-ring (bicyclic) bond motifs is 3. The lowest BCUT2D eigenvalue weighted by Crippen LogP contribution is -2.43. The SMILES string of the molecule is C[C@H](OC(=O)c1ccc2c(c1)NC(=O)[C@H]1CCCN21)C(N)=O. The molecule has 1 aromatic carbocycles. The summed E-state index contributed by atoms with van der Waals surface area (Å²) in [6.07, 6.45) is 0.809. The van der Waals surface area contributed by atoms with E-state index in [0.717, 1.165) is 25.1 Å². The van der Waals surface area contributed by atoms with Crippen LogP contribution in [0.15, 0.2) is 18.2 Å². The Balaban J connectivity index is 1.85. The molecule has 0 aliphatic carbocycles. The first-order chi connectivity index (χ1) is 10.5. The average molecular weight is 303 g/mol. The number of hydrogen-bond acceptors (Lipinski definition) is 5. The van der Waals surface area contributed by atoms with Gasteiger partial charge in [-0.3, -0.25) is 9.59 Å². The molecule has 0 bridgehead atoms. The van der Waals surface area contributed by atoms with Crippen LogP contribution in [0.3, 0.4) is 0 Å². The number of nitrogens with two attached hydrogens (primary N) is 1. The van der Waals surface area contributed by atoms with Crippen LogP contribution in [0.25, 0.3) is 0 Å². The molecule has 2 amide bonds. The number of carbonyl (C=O) groups is 3. The van der Waals surface area contributed by atoms with E-state index >= 15 is 0 Å². The Morgan fingerprint density at radius 1 is 1.45 bits per heavy atom. The molecule has 3 N–H and O–H groups in total. The Hall–Kier alpha value is -2.57. The van der Waals surface area contributed by atoms with Gasteiger partial charge >= 0.3 is 5.97 Å². The third kappa shape index (κ3) is 2.38. The molecule has 7 heteroatoms. The Morgan fingerprint density at radius 3 is 2.95 bits per heavy atom. The zero-order valence-corrected chi connectivity index (χ0v) is 12.2. The number of nitrogens with one attached hydrogen (secondary N) is 1. The van der Waals surface area contributed by atoms with Crippen molar-refractivity contribution >= 4 is 29.2 Å². The number of anilines is 2. The Morgan fingerprint density at radius 2 is 2.23 bits per heavy atom. The van der Waals surface area contributed by atoms with E-state index in [2.05, 4.69) is 10.2 Å². The fourth-order valence-corrected chi connectivity index (χ4v) is 2.84. The molecule has 116 valence electrons. The fraction of sp³-hybridized carbons (Fsp3) is 0.400. The highest BCUT2D eigenvalue weighted by Gasteiger charge is 2.36. The van der Waals surface area contributed by atoms with E-state index < -0.39 is 18.0 Å². The summed E-state index contributed by atoms with van der Waals surface area (Å²) >= 11 is 0. The number of hydrogen-bond donors (Lipinski definition) is 2. The van der Waals surface area contributed by atoms with Crippen LogP contribution in [0, 0.1) is 0 Å². The van der Waals surface area contributed by atoms with Gasteiger partial charge in [0.15, 0.2) is 6.10 Å². The summed E-state index contributed by atoms with van der Waals surface area (Å²) < 4.78 is 4.96. The number of primary amides is 1. The summed E-state index contributed by atoms with van der Waals surface area (Å²) in [5, 5.41) is 2.82. The number of ether oxygens (including phenoxy) is 1. The maximum atomic E-state index is 12.1. The molecule has 2 heterocycles. The van der Waals surface area contributed by atoms with Gasteiger partial charge in [0.2, 0.25) is 5.91 Å². The molecule has 0 aromatic heterocycles. The lowest BCUT2D eigenvalue weighted by atomic mass is 10.1. The number of nitrogens with zero attached hydrogens (tertiary/aromatic N) is 1. The highest BCUT2D eigenvalue weighted by Crippen LogP contribution is 2.37. The predicted octanol–water partition coefficient (Wildman–Crippen LogP) is 0.638. The minimum atomic E-state index is -0.999. The van der Waals surface area contributed by atoms with E-state index in [4.69, 9.17) is 10.5 Å². The molecule has 0 saturated carbocycles. The Labute approximate surface area is 127 Å². The first kappa shape index (κ1) is 14.4. The van der Waals surface area contributed by atoms with Crippen molar-refractivity contribution in [2.45, 2.75) is 31.9 Å². The number of amides is 2. The van der Waals surface area contributed by atoms with Crippen molar-refractivity contribution in [3.05, 3.63) is 23.8 Å². The van der Waals surface area contributed by atoms with Crippen LogP contribution in [0.5, 0.6) is 0 Å². The van der Waals surface area contributed by atoms with E-state index in [9.17, 15) is 14.4 Å². The number of benzene rings is 1. The van der Waals surface area contributed by atoms with E-state index in [-0.39, 0.29) is 17.5 Å². The topological polar surface area (TPSA) is 102 Å². The van der Waals surface area contributed by atoms with Gasteiger partial charge in [0, 0.05) is 6.54 Å². The van der Waals surface area contributed by atoms with Crippen molar-refractivity contribution in [2.24, 2.45) is 5.73 Å². The molecule has 1 aromatic rings. The van der Waals surface area contributed by atoms with Crippen LogP contribution in [-0.2, 0) is 14.3 Å². The average Bonchev–Trinajstić information content (AvgIpc) is 2.96. The van der Waals surface area contributed by atoms with Crippen LogP contribution in [-0.4, -0.2) is 36.5 Å². The Bertz CT molecular complexity index is 658. The van der Waals surface area contributed by atoms with Crippen LogP contribution < -0.4 is 16.0 Å². The second kappa shape index (κ2) is 5.32. The number of rotatable bonds is 3. The molecule has 1 saturated heterocycles. The van der Waals surface area contributed by atoms with Crippen molar-refractivity contribution in [3.8, 4) is 0 Å². The van der Waals surface area contributed by atoms with E-state index in [1.807, 2.05) is 0 Å². The monoisotopic (exact) mass is 303 g/mol. The molecule has 2 aliphatic rings. The summed E-state index contributed by atoms with van der Waals surface area (Å²) in [6.45, 7) is 2.24. The van der Waals surface area contributed by atoms with Gasteiger partial charge in [0.25, 0.3) is 5.91 Å². The van der Waals surface area contributed by atoms with E-state index in [1.54, 1.807) is 18.2 Å². The highest BCUT2D eigenvalue weighted by molar-refractivity contribution is 6.05. The molecular weight excluding hydrogens is 286 g/mol. The van der Waals surface area contributed by atoms with Gasteiger partial charge in [-0.2, -0.15) is 0 Å². The van der Waals surface area contributed by atoms with Crippen LogP contribution in [0.2, 0.25) is 0 Å². The molecule has 0 radical (unpaired) electrons. The Kier molecular flexibility index (Phi) is 3.48. The second-order valence-corrected chi connectivity index (χ2v) is 5.52. The first-order valence-corrected chi connectivity index (χ1v) is 7.19. The molecular formula is C15H17N3O4. The summed E-state index contributed by atoms with van der Waals surface area (Å²) in [5.74, 6) is -1.41. The first-order valence-electron chi connectivity index (χ1n) is 7.19. The molecule has 0 spiro atoms. The molecule has 22 heavy (non-hydrogen) atoms. The number of carbonyl (C=O) groups excluding carboxylic acids is 3. The second-order valence-electron chi connectivity index (χ2n) is 5.52. The normalized spacial score (nSPS) is 20.7. The minimum Gasteiger partial charge on any atom is -0.449 e. The number of esters is 1. The van der Waals surface area contributed by atoms with Gasteiger partial charge in [0.1, 0.15) is 6.04 Å². The van der Waals surface area contributed by atoms with Gasteiger partial charge in [-0.25, -0.2) is 4.79 Å². The minimum absolute atomic E-state index is 0.0546. The summed E-state index contributed by atoms with van der Waals surface area (Å²) in [6, 6.07) is 4.86. The molecule has 2 aliphatic heterocycles. The van der Waals surface area contributed by atoms with E-state index in [1.165, 1.54) is 6.92 Å². The van der Waals surface area contributed by atoms with Crippen molar-refractivity contribution < 1.29 is 19.1 Å². The third-order valence-electron chi connectivity index (χ3n) is 4.04. The summed E-state index contributed by atoms with van der Waals surface area (Å²) in [4.78, 5) is 37.1. The van der Waals surface area contributed by atoms with Gasteiger partial charge in [0.05, 0.1) is 16.9 Å². The zero-order valence-electron chi connectivity index (χ0n) is 12.2. The smallest absolute Gasteiger partial charge is 0.338 e. The van der Waals surface area contributed by atoms with Gasteiger partial charge in [-0.05, 0) is 38.0 Å². The maximum Gasteiger partial charge on any atom is 0.338 e. The summed E-state index contributed by atoms with van der Waals surface area (Å²) in [7, 11) is 0. The largest absolute Gasteiger partial charge is 0.449 e. The molecule has 2 atom stereocenters. The van der Waals surface area contributed by atoms with Crippen molar-refractivity contribution in [3.63, 3.8) is 0 Å². The molecule has 0 unspecified atom stereocenters. The quantitative estimate of drug-likeness (QED) is 0.798. The maximum absolute atomic E-state index is 12.1. The standard InChI is InChI=1S/C15H17N3O4/c1-8(13(16)19)22-15(21)9-4-5-11-10(7-9)17-14(20)12-3-2-6-18(11)12/h4-5,7-8,12H,2-3,6H2,1H3,(H2,16,19)(H,17,20)/t8-,12+/m0/s1. The van der Waals surface area contributed by atoms with Crippen molar-refractivity contribution in [1.82, 2.24) is 0 Å². The molecule has 1 fully saturated rings. The van der Waals surface area contributed by atoms with Crippen LogP contribution in [0.1, 0.15) is 30.1 Å². The predicted molar refractivity (Wildman–Crippen MR) is 79.5 cm³/mol. The summed E-state index contributed by atoms with van der Waals surface area (Å²) in [5.41, 5.74) is 6.83. The third-order valence-corrected chi connectivity index (χ3v) is 4.04. The van der Waals surface area contributed by atoms with Gasteiger partial charge < -0.3 is 20.7 Å². The highest BCUT2D eigenvalue weighted by atomic mass is 16.5.